The lowest BCUT2D eigenvalue weighted by Gasteiger charge is -2.08. The number of carbonyl (C=O) groups excluding carboxylic acids is 1. The molecule has 0 unspecified atom stereocenters. The minimum absolute atomic E-state index is 0.00831. The first-order chi connectivity index (χ1) is 8.70. The van der Waals surface area contributed by atoms with E-state index in [1.54, 1.807) is 0 Å². The molecule has 0 saturated heterocycles. The van der Waals surface area contributed by atoms with Gasteiger partial charge >= 0.3 is 0 Å². The van der Waals surface area contributed by atoms with E-state index in [0.717, 1.165) is 42.3 Å². The maximum Gasteiger partial charge on any atom is 0.267 e. The third-order valence-corrected chi connectivity index (χ3v) is 3.52. The van der Waals surface area contributed by atoms with Crippen LogP contribution in [0.2, 0.25) is 0 Å². The van der Waals surface area contributed by atoms with Gasteiger partial charge in [0.05, 0.1) is 0 Å². The van der Waals surface area contributed by atoms with Gasteiger partial charge in [-0.25, -0.2) is 0 Å². The number of nitrogens with one attached hydrogen (secondary N) is 2. The van der Waals surface area contributed by atoms with Crippen molar-refractivity contribution in [1.82, 2.24) is 15.2 Å². The third kappa shape index (κ3) is 3.85. The van der Waals surface area contributed by atoms with Gasteiger partial charge in [-0.2, -0.15) is 0 Å². The number of amides is 1. The Morgan fingerprint density at radius 2 is 2.28 bits per heavy atom. The molecule has 1 heterocycles. The lowest BCUT2D eigenvalue weighted by Crippen LogP contribution is -2.29. The Hall–Kier alpha value is -0.810. The number of rotatable bonds is 7. The molecule has 0 aromatic carbocycles. The van der Waals surface area contributed by atoms with Crippen molar-refractivity contribution in [1.29, 1.82) is 0 Å². The average Bonchev–Trinajstić information content (AvgIpc) is 3.10. The van der Waals surface area contributed by atoms with Crippen molar-refractivity contribution in [3.8, 4) is 0 Å². The van der Waals surface area contributed by atoms with E-state index < -0.39 is 0 Å². The van der Waals surface area contributed by atoms with Crippen molar-refractivity contribution in [3.63, 3.8) is 0 Å². The summed E-state index contributed by atoms with van der Waals surface area (Å²) in [5, 5.41) is 6.39. The Morgan fingerprint density at radius 1 is 1.50 bits per heavy atom. The summed E-state index contributed by atoms with van der Waals surface area (Å²) >= 11 is 3.40. The van der Waals surface area contributed by atoms with Crippen LogP contribution in [0.4, 0.5) is 0 Å². The SMILES string of the molecule is CCn1cc(Br)cc1C(=O)NCCCNC1CC1. The molecule has 0 atom stereocenters. The van der Waals surface area contributed by atoms with Gasteiger partial charge in [0.25, 0.3) is 5.91 Å². The van der Waals surface area contributed by atoms with E-state index in [1.165, 1.54) is 12.8 Å². The fraction of sp³-hybridized carbons (Fsp3) is 0.615. The van der Waals surface area contributed by atoms with Crippen molar-refractivity contribution >= 4 is 21.8 Å². The molecule has 5 heteroatoms. The molecule has 1 aliphatic carbocycles. The largest absolute Gasteiger partial charge is 0.351 e. The van der Waals surface area contributed by atoms with Crippen molar-refractivity contribution < 1.29 is 4.79 Å². The van der Waals surface area contributed by atoms with Crippen LogP contribution in [0.1, 0.15) is 36.7 Å². The summed E-state index contributed by atoms with van der Waals surface area (Å²) in [6, 6.07) is 2.61. The highest BCUT2D eigenvalue weighted by atomic mass is 79.9. The number of aryl methyl sites for hydroxylation is 1. The molecule has 0 bridgehead atoms. The Labute approximate surface area is 116 Å². The Morgan fingerprint density at radius 3 is 2.94 bits per heavy atom. The molecule has 2 rings (SSSR count). The molecule has 1 aromatic rings. The van der Waals surface area contributed by atoms with Crippen LogP contribution in [0.3, 0.4) is 0 Å². The van der Waals surface area contributed by atoms with Crippen LogP contribution in [0.5, 0.6) is 0 Å². The van der Waals surface area contributed by atoms with Crippen LogP contribution in [0.25, 0.3) is 0 Å². The van der Waals surface area contributed by atoms with Gasteiger partial charge in [0.1, 0.15) is 5.69 Å². The Balaban J connectivity index is 1.72. The number of hydrogen-bond acceptors (Lipinski definition) is 2. The van der Waals surface area contributed by atoms with Crippen molar-refractivity contribution in [2.45, 2.75) is 38.8 Å². The number of hydrogen-bond donors (Lipinski definition) is 2. The standard InChI is InChI=1S/C13H20BrN3O/c1-2-17-9-10(14)8-12(17)13(18)16-7-3-6-15-11-4-5-11/h8-9,11,15H,2-7H2,1H3,(H,16,18). The molecule has 100 valence electrons. The fourth-order valence-electron chi connectivity index (χ4n) is 1.90. The molecular formula is C13H20BrN3O. The van der Waals surface area contributed by atoms with Crippen LogP contribution in [-0.4, -0.2) is 29.6 Å². The summed E-state index contributed by atoms with van der Waals surface area (Å²) < 4.78 is 2.90. The quantitative estimate of drug-likeness (QED) is 0.758. The molecular weight excluding hydrogens is 294 g/mol. The van der Waals surface area contributed by atoms with E-state index in [0.29, 0.717) is 0 Å². The molecule has 4 nitrogen and oxygen atoms in total. The van der Waals surface area contributed by atoms with Gasteiger partial charge in [0.2, 0.25) is 0 Å². The molecule has 1 fully saturated rings. The Bertz CT molecular complexity index is 412. The summed E-state index contributed by atoms with van der Waals surface area (Å²) in [4.78, 5) is 12.0. The number of aromatic nitrogens is 1. The van der Waals surface area contributed by atoms with E-state index in [4.69, 9.17) is 0 Å². The van der Waals surface area contributed by atoms with Crippen molar-refractivity contribution in [2.24, 2.45) is 0 Å². The topological polar surface area (TPSA) is 46.1 Å². The first kappa shape index (κ1) is 13.6. The van der Waals surface area contributed by atoms with Gasteiger partial charge in [-0.1, -0.05) is 0 Å². The van der Waals surface area contributed by atoms with Gasteiger partial charge < -0.3 is 15.2 Å². The highest BCUT2D eigenvalue weighted by Gasteiger charge is 2.19. The number of halogens is 1. The Kier molecular flexibility index (Phi) is 4.83. The lowest BCUT2D eigenvalue weighted by molar-refractivity contribution is 0.0944. The van der Waals surface area contributed by atoms with Gasteiger partial charge in [0, 0.05) is 29.8 Å². The highest BCUT2D eigenvalue weighted by molar-refractivity contribution is 9.10. The van der Waals surface area contributed by atoms with E-state index in [-0.39, 0.29) is 5.91 Å². The summed E-state index contributed by atoms with van der Waals surface area (Å²) in [6.45, 7) is 4.55. The fourth-order valence-corrected chi connectivity index (χ4v) is 2.37. The third-order valence-electron chi connectivity index (χ3n) is 3.09. The van der Waals surface area contributed by atoms with Crippen LogP contribution in [-0.2, 0) is 6.54 Å². The van der Waals surface area contributed by atoms with Crippen molar-refractivity contribution in [3.05, 3.63) is 22.4 Å². The number of carbonyl (C=O) groups is 1. The maximum absolute atomic E-state index is 12.0. The molecule has 0 spiro atoms. The van der Waals surface area contributed by atoms with Crippen LogP contribution in [0, 0.1) is 0 Å². The van der Waals surface area contributed by atoms with Crippen LogP contribution < -0.4 is 10.6 Å². The minimum atomic E-state index is 0.00831. The van der Waals surface area contributed by atoms with Gasteiger partial charge in [-0.05, 0) is 54.7 Å². The summed E-state index contributed by atoms with van der Waals surface area (Å²) in [7, 11) is 0. The zero-order valence-corrected chi connectivity index (χ0v) is 12.3. The molecule has 1 amide bonds. The van der Waals surface area contributed by atoms with E-state index in [2.05, 4.69) is 26.6 Å². The minimum Gasteiger partial charge on any atom is -0.351 e. The van der Waals surface area contributed by atoms with Crippen LogP contribution in [0.15, 0.2) is 16.7 Å². The predicted octanol–water partition coefficient (Wildman–Crippen LogP) is 2.14. The predicted molar refractivity (Wildman–Crippen MR) is 75.8 cm³/mol. The molecule has 1 aromatic heterocycles. The monoisotopic (exact) mass is 313 g/mol. The van der Waals surface area contributed by atoms with Gasteiger partial charge in [-0.3, -0.25) is 4.79 Å². The first-order valence-corrected chi connectivity index (χ1v) is 7.37. The van der Waals surface area contributed by atoms with E-state index in [1.807, 2.05) is 23.8 Å². The smallest absolute Gasteiger partial charge is 0.267 e. The van der Waals surface area contributed by atoms with E-state index in [9.17, 15) is 4.79 Å². The van der Waals surface area contributed by atoms with Crippen molar-refractivity contribution in [2.75, 3.05) is 13.1 Å². The zero-order chi connectivity index (χ0) is 13.0. The molecule has 18 heavy (non-hydrogen) atoms. The second-order valence-corrected chi connectivity index (χ2v) is 5.58. The number of nitrogens with zero attached hydrogens (tertiary/aromatic N) is 1. The lowest BCUT2D eigenvalue weighted by atomic mass is 10.3. The molecule has 1 aliphatic rings. The second-order valence-electron chi connectivity index (χ2n) is 4.67. The normalized spacial score (nSPS) is 14.8. The second kappa shape index (κ2) is 6.38. The molecule has 1 saturated carbocycles. The molecule has 0 aliphatic heterocycles. The molecule has 0 radical (unpaired) electrons. The highest BCUT2D eigenvalue weighted by Crippen LogP contribution is 2.18. The van der Waals surface area contributed by atoms with Gasteiger partial charge in [0.15, 0.2) is 0 Å². The molecule has 2 N–H and O–H groups in total. The van der Waals surface area contributed by atoms with E-state index >= 15 is 0 Å². The summed E-state index contributed by atoms with van der Waals surface area (Å²) in [5.74, 6) is 0.00831. The zero-order valence-electron chi connectivity index (χ0n) is 10.7. The summed E-state index contributed by atoms with van der Waals surface area (Å²) in [5.41, 5.74) is 0.722. The maximum atomic E-state index is 12.0. The first-order valence-electron chi connectivity index (χ1n) is 6.58. The average molecular weight is 314 g/mol. The van der Waals surface area contributed by atoms with Gasteiger partial charge in [-0.15, -0.1) is 0 Å². The summed E-state index contributed by atoms with van der Waals surface area (Å²) in [6.07, 6.45) is 5.54. The van der Waals surface area contributed by atoms with Crippen LogP contribution >= 0.6 is 15.9 Å².